The highest BCUT2D eigenvalue weighted by atomic mass is 16.5. The van der Waals surface area contributed by atoms with Crippen LogP contribution in [0.25, 0.3) is 0 Å². The van der Waals surface area contributed by atoms with Crippen molar-refractivity contribution < 1.29 is 14.9 Å². The molecule has 0 aromatic rings. The van der Waals surface area contributed by atoms with Crippen LogP contribution in [0.4, 0.5) is 0 Å². The van der Waals surface area contributed by atoms with E-state index < -0.39 is 11.2 Å². The van der Waals surface area contributed by atoms with Crippen molar-refractivity contribution in [3.05, 3.63) is 11.6 Å². The fourth-order valence-electron chi connectivity index (χ4n) is 8.83. The van der Waals surface area contributed by atoms with Gasteiger partial charge in [-0.15, -0.1) is 0 Å². The summed E-state index contributed by atoms with van der Waals surface area (Å²) >= 11 is 0. The fourth-order valence-corrected chi connectivity index (χ4v) is 8.83. The Bertz CT molecular complexity index is 684. The lowest BCUT2D eigenvalue weighted by Gasteiger charge is -2.55. The van der Waals surface area contributed by atoms with Crippen LogP contribution >= 0.6 is 0 Å². The van der Waals surface area contributed by atoms with Crippen molar-refractivity contribution in [2.24, 2.45) is 40.9 Å². The van der Waals surface area contributed by atoms with E-state index in [-0.39, 0.29) is 0 Å². The maximum Gasteiger partial charge on any atom is 0.0682 e. The van der Waals surface area contributed by atoms with Crippen LogP contribution in [0.3, 0.4) is 0 Å². The third kappa shape index (κ3) is 4.60. The Kier molecular flexibility index (Phi) is 7.22. The van der Waals surface area contributed by atoms with Gasteiger partial charge in [0.2, 0.25) is 0 Å². The Labute approximate surface area is 197 Å². The van der Waals surface area contributed by atoms with Gasteiger partial charge in [0, 0.05) is 13.7 Å². The van der Waals surface area contributed by atoms with Crippen LogP contribution in [0.15, 0.2) is 11.6 Å². The van der Waals surface area contributed by atoms with Gasteiger partial charge in [0.25, 0.3) is 0 Å². The summed E-state index contributed by atoms with van der Waals surface area (Å²) in [6.07, 6.45) is 16.1. The van der Waals surface area contributed by atoms with E-state index in [0.29, 0.717) is 17.9 Å². The van der Waals surface area contributed by atoms with E-state index in [2.05, 4.69) is 26.8 Å². The maximum absolute atomic E-state index is 10.9. The minimum Gasteiger partial charge on any atom is -0.390 e. The largest absolute Gasteiger partial charge is 0.390 e. The van der Waals surface area contributed by atoms with Gasteiger partial charge in [-0.1, -0.05) is 32.4 Å². The second-order valence-electron chi connectivity index (χ2n) is 12.8. The normalized spacial score (nSPS) is 44.1. The van der Waals surface area contributed by atoms with E-state index in [1.165, 1.54) is 38.5 Å². The van der Waals surface area contributed by atoms with Crippen molar-refractivity contribution in [1.29, 1.82) is 0 Å². The summed E-state index contributed by atoms with van der Waals surface area (Å²) in [6, 6.07) is 0. The lowest BCUT2D eigenvalue weighted by molar-refractivity contribution is -0.0481. The minimum absolute atomic E-state index is 0.434. The molecule has 3 fully saturated rings. The van der Waals surface area contributed by atoms with Crippen LogP contribution in [-0.4, -0.2) is 35.1 Å². The first-order valence-electron chi connectivity index (χ1n) is 13.7. The first-order chi connectivity index (χ1) is 15.1. The second kappa shape index (κ2) is 9.34. The van der Waals surface area contributed by atoms with Crippen molar-refractivity contribution in [3.8, 4) is 0 Å². The van der Waals surface area contributed by atoms with Gasteiger partial charge in [0.15, 0.2) is 0 Å². The van der Waals surface area contributed by atoms with Crippen molar-refractivity contribution >= 4 is 0 Å². The van der Waals surface area contributed by atoms with Gasteiger partial charge < -0.3 is 14.9 Å². The lowest BCUT2D eigenvalue weighted by atomic mass is 9.50. The molecule has 3 heteroatoms. The molecular weight excluding hydrogens is 396 g/mol. The van der Waals surface area contributed by atoms with E-state index in [0.717, 1.165) is 68.1 Å². The molecule has 0 amide bonds. The zero-order valence-electron chi connectivity index (χ0n) is 21.5. The number of fused-ring (bicyclic) bond motifs is 5. The van der Waals surface area contributed by atoms with E-state index in [9.17, 15) is 10.2 Å². The molecule has 0 heterocycles. The summed E-state index contributed by atoms with van der Waals surface area (Å²) in [4.78, 5) is 0. The molecule has 4 rings (SSSR count). The van der Waals surface area contributed by atoms with Gasteiger partial charge in [-0.3, -0.25) is 0 Å². The monoisotopic (exact) mass is 446 g/mol. The number of allylic oxidation sites excluding steroid dienone is 1. The van der Waals surface area contributed by atoms with Crippen LogP contribution < -0.4 is 0 Å². The third-order valence-corrected chi connectivity index (χ3v) is 11.0. The summed E-state index contributed by atoms with van der Waals surface area (Å²) in [7, 11) is 1.72. The van der Waals surface area contributed by atoms with Gasteiger partial charge in [-0.05, 0) is 125 Å². The van der Waals surface area contributed by atoms with E-state index >= 15 is 0 Å². The molecule has 4 aliphatic rings. The van der Waals surface area contributed by atoms with Gasteiger partial charge in [0.05, 0.1) is 11.2 Å². The Hall–Kier alpha value is -0.380. The minimum atomic E-state index is -0.604. The molecule has 1 unspecified atom stereocenters. The number of ether oxygens (including phenoxy) is 1. The fraction of sp³-hybridized carbons (Fsp3) is 0.931. The molecular formula is C29H50O3. The van der Waals surface area contributed by atoms with Crippen LogP contribution in [0.2, 0.25) is 0 Å². The number of aliphatic hydroxyl groups is 2. The molecule has 32 heavy (non-hydrogen) atoms. The van der Waals surface area contributed by atoms with Crippen LogP contribution in [-0.2, 0) is 4.74 Å². The first-order valence-corrected chi connectivity index (χ1v) is 13.7. The zero-order chi connectivity index (χ0) is 23.1. The summed E-state index contributed by atoms with van der Waals surface area (Å²) < 4.78 is 5.20. The van der Waals surface area contributed by atoms with Crippen molar-refractivity contribution in [3.63, 3.8) is 0 Å². The average molecular weight is 447 g/mol. The van der Waals surface area contributed by atoms with Gasteiger partial charge in [-0.25, -0.2) is 0 Å². The molecule has 0 saturated heterocycles. The Morgan fingerprint density at radius 3 is 2.66 bits per heavy atom. The van der Waals surface area contributed by atoms with E-state index in [1.54, 1.807) is 12.7 Å². The third-order valence-electron chi connectivity index (χ3n) is 11.0. The van der Waals surface area contributed by atoms with Crippen LogP contribution in [0, 0.1) is 40.9 Å². The number of rotatable bonds is 8. The standard InChI is InChI=1S/C29H50O3/c1-6-29(31)16-13-22-21(19-29)7-8-24-23(22)12-15-28(4)25(9-10-26(24)28)20(2)11-14-27(3,30)17-18-32-5/h7,20,22-26,30-31H,6,8-19H2,1-5H3/t20-,22+,23-,24-,25-,26+,27?,28-,29+/m1/s1. The smallest absolute Gasteiger partial charge is 0.0682 e. The van der Waals surface area contributed by atoms with Crippen molar-refractivity contribution in [2.75, 3.05) is 13.7 Å². The number of hydrogen-bond donors (Lipinski definition) is 2. The van der Waals surface area contributed by atoms with Gasteiger partial charge in [0.1, 0.15) is 0 Å². The second-order valence-corrected chi connectivity index (χ2v) is 12.8. The molecule has 0 bridgehead atoms. The molecule has 3 saturated carbocycles. The average Bonchev–Trinajstić information content (AvgIpc) is 3.13. The Morgan fingerprint density at radius 2 is 1.94 bits per heavy atom. The molecule has 0 spiro atoms. The molecule has 2 N–H and O–H groups in total. The van der Waals surface area contributed by atoms with Crippen LogP contribution in [0.5, 0.6) is 0 Å². The molecule has 9 atom stereocenters. The molecule has 0 aliphatic heterocycles. The highest BCUT2D eigenvalue weighted by molar-refractivity contribution is 5.22. The summed E-state index contributed by atoms with van der Waals surface area (Å²) in [5, 5.41) is 21.6. The van der Waals surface area contributed by atoms with Crippen LogP contribution in [0.1, 0.15) is 105 Å². The Balaban J connectivity index is 1.42. The summed E-state index contributed by atoms with van der Waals surface area (Å²) in [5.74, 6) is 4.81. The summed E-state index contributed by atoms with van der Waals surface area (Å²) in [5.41, 5.74) is 1.04. The topological polar surface area (TPSA) is 49.7 Å². The van der Waals surface area contributed by atoms with Gasteiger partial charge >= 0.3 is 0 Å². The number of hydrogen-bond acceptors (Lipinski definition) is 3. The maximum atomic E-state index is 10.9. The molecule has 3 nitrogen and oxygen atoms in total. The lowest BCUT2D eigenvalue weighted by Crippen LogP contribution is -2.48. The van der Waals surface area contributed by atoms with E-state index in [1.807, 2.05) is 6.92 Å². The molecule has 4 aliphatic carbocycles. The predicted octanol–water partition coefficient (Wildman–Crippen LogP) is 6.52. The Morgan fingerprint density at radius 1 is 1.16 bits per heavy atom. The molecule has 184 valence electrons. The first kappa shape index (κ1) is 24.7. The SMILES string of the molecule is CC[C@]1(O)CC[C@H]2C(=CC[C@@H]3[C@@H]2CC[C@]2(C)[C@@H]([C@H](C)CCC(C)(O)CCOC)CC[C@@H]32)C1. The van der Waals surface area contributed by atoms with E-state index in [4.69, 9.17) is 4.74 Å². The van der Waals surface area contributed by atoms with Crippen molar-refractivity contribution in [2.45, 2.75) is 116 Å². The van der Waals surface area contributed by atoms with Gasteiger partial charge in [-0.2, -0.15) is 0 Å². The quantitative estimate of drug-likeness (QED) is 0.417. The predicted molar refractivity (Wildman–Crippen MR) is 131 cm³/mol. The molecule has 0 radical (unpaired) electrons. The number of methoxy groups -OCH3 is 1. The molecule has 0 aromatic heterocycles. The van der Waals surface area contributed by atoms with Crippen molar-refractivity contribution in [1.82, 2.24) is 0 Å². The summed E-state index contributed by atoms with van der Waals surface area (Å²) in [6.45, 7) is 9.86. The highest BCUT2D eigenvalue weighted by Gasteiger charge is 2.57. The molecule has 0 aromatic carbocycles. The zero-order valence-corrected chi connectivity index (χ0v) is 21.5. The highest BCUT2D eigenvalue weighted by Crippen LogP contribution is 2.65.